The highest BCUT2D eigenvalue weighted by Gasteiger charge is 2.36. The van der Waals surface area contributed by atoms with Crippen LogP contribution in [0.1, 0.15) is 37.5 Å². The number of allylic oxidation sites excluding steroid dienone is 1. The average molecular weight is 496 g/mol. The first kappa shape index (κ1) is 24.1. The number of nitrogens with zero attached hydrogens (tertiary/aromatic N) is 2. The lowest BCUT2D eigenvalue weighted by Crippen LogP contribution is -2.42. The molecule has 0 atom stereocenters. The summed E-state index contributed by atoms with van der Waals surface area (Å²) in [7, 11) is 2.07. The van der Waals surface area contributed by atoms with E-state index in [0.717, 1.165) is 39.0 Å². The van der Waals surface area contributed by atoms with Crippen LogP contribution in [0.4, 0.5) is 16.2 Å². The van der Waals surface area contributed by atoms with Gasteiger partial charge in [-0.2, -0.15) is 0 Å². The lowest BCUT2D eigenvalue weighted by atomic mass is 9.87. The number of rotatable bonds is 4. The molecule has 176 valence electrons. The Morgan fingerprint density at radius 1 is 1.18 bits per heavy atom. The number of aryl methyl sites for hydroxylation is 1. The van der Waals surface area contributed by atoms with Crippen LogP contribution in [0.2, 0.25) is 5.02 Å². The molecule has 1 saturated heterocycles. The molecular formula is C26H26ClN3O3S. The van der Waals surface area contributed by atoms with Crippen molar-refractivity contribution in [2.75, 3.05) is 23.8 Å². The van der Waals surface area contributed by atoms with Gasteiger partial charge in [-0.05, 0) is 92.6 Å². The molecule has 0 saturated carbocycles. The summed E-state index contributed by atoms with van der Waals surface area (Å²) >= 11 is 6.79. The van der Waals surface area contributed by atoms with E-state index in [1.54, 1.807) is 30.3 Å². The Labute approximate surface area is 208 Å². The van der Waals surface area contributed by atoms with Gasteiger partial charge in [-0.15, -0.1) is 0 Å². The van der Waals surface area contributed by atoms with Crippen molar-refractivity contribution in [2.24, 2.45) is 0 Å². The molecule has 0 aliphatic carbocycles. The molecule has 34 heavy (non-hydrogen) atoms. The third-order valence-electron chi connectivity index (χ3n) is 6.18. The number of carbonyl (C=O) groups is 3. The van der Waals surface area contributed by atoms with Gasteiger partial charge in [0, 0.05) is 29.0 Å². The van der Waals surface area contributed by atoms with Gasteiger partial charge in [0.05, 0.1) is 10.4 Å². The summed E-state index contributed by atoms with van der Waals surface area (Å²) < 4.78 is 0. The number of anilines is 2. The minimum atomic E-state index is -0.473. The van der Waals surface area contributed by atoms with Gasteiger partial charge >= 0.3 is 0 Å². The Balaban J connectivity index is 1.56. The lowest BCUT2D eigenvalue weighted by molar-refractivity contribution is -0.127. The molecule has 2 aliphatic rings. The molecule has 1 fully saturated rings. The molecule has 2 aromatic rings. The second kappa shape index (κ2) is 8.96. The van der Waals surface area contributed by atoms with Gasteiger partial charge in [-0.25, -0.2) is 0 Å². The summed E-state index contributed by atoms with van der Waals surface area (Å²) in [6, 6.07) is 10.9. The number of halogens is 1. The van der Waals surface area contributed by atoms with Crippen LogP contribution in [0.15, 0.2) is 47.4 Å². The second-order valence-electron chi connectivity index (χ2n) is 9.09. The fraction of sp³-hybridized carbons (Fsp3) is 0.269. The maximum atomic E-state index is 13.0. The zero-order valence-electron chi connectivity index (χ0n) is 19.7. The summed E-state index contributed by atoms with van der Waals surface area (Å²) in [5, 5.41) is 2.68. The number of nitrogens with one attached hydrogen (secondary N) is 1. The largest absolute Gasteiger partial charge is 0.365 e. The van der Waals surface area contributed by atoms with Crippen molar-refractivity contribution in [1.29, 1.82) is 0 Å². The van der Waals surface area contributed by atoms with E-state index in [2.05, 4.69) is 56.2 Å². The van der Waals surface area contributed by atoms with Crippen LogP contribution in [-0.4, -0.2) is 41.1 Å². The maximum Gasteiger partial charge on any atom is 0.294 e. The number of thioether (sulfide) groups is 1. The number of hydrogen-bond donors (Lipinski definition) is 1. The number of hydrogen-bond acceptors (Lipinski definition) is 5. The molecule has 2 aliphatic heterocycles. The van der Waals surface area contributed by atoms with E-state index in [1.807, 2.05) is 6.92 Å². The standard InChI is InChI=1S/C26H26ClN3O3S/c1-15-9-21-20(16(2)13-26(3,4)29(21)5)10-17(15)11-22-24(32)30(25(33)34-22)14-23(31)28-19-8-6-7-18(27)12-19/h6-13H,14H2,1-5H3,(H,28,31)/b22-11+. The van der Waals surface area contributed by atoms with Crippen LogP contribution in [-0.2, 0) is 9.59 Å². The number of carbonyl (C=O) groups excluding carboxylic acids is 3. The summed E-state index contributed by atoms with van der Waals surface area (Å²) in [5.74, 6) is -0.943. The van der Waals surface area contributed by atoms with E-state index in [4.69, 9.17) is 11.6 Å². The van der Waals surface area contributed by atoms with Crippen molar-refractivity contribution in [3.8, 4) is 0 Å². The Bertz CT molecular complexity index is 1280. The molecule has 2 heterocycles. The van der Waals surface area contributed by atoms with Crippen molar-refractivity contribution in [2.45, 2.75) is 33.2 Å². The van der Waals surface area contributed by atoms with Crippen molar-refractivity contribution >= 4 is 63.4 Å². The number of benzene rings is 2. The molecule has 0 unspecified atom stereocenters. The third kappa shape index (κ3) is 4.63. The smallest absolute Gasteiger partial charge is 0.294 e. The van der Waals surface area contributed by atoms with Crippen molar-refractivity contribution in [3.63, 3.8) is 0 Å². The first-order valence-electron chi connectivity index (χ1n) is 10.9. The van der Waals surface area contributed by atoms with E-state index >= 15 is 0 Å². The normalized spacial score (nSPS) is 18.3. The molecule has 8 heteroatoms. The first-order chi connectivity index (χ1) is 16.0. The molecule has 0 aromatic heterocycles. The summed E-state index contributed by atoms with van der Waals surface area (Å²) in [5.41, 5.74) is 5.67. The zero-order chi connectivity index (χ0) is 24.8. The fourth-order valence-corrected chi connectivity index (χ4v) is 5.18. The SMILES string of the molecule is CC1=CC(C)(C)N(C)c2cc(C)c(/C=C3/SC(=O)N(CC(=O)Nc4cccc(Cl)c4)C3=O)cc21. The number of amides is 3. The van der Waals surface area contributed by atoms with Crippen molar-refractivity contribution < 1.29 is 14.4 Å². The quantitative estimate of drug-likeness (QED) is 0.530. The first-order valence-corrected chi connectivity index (χ1v) is 12.0. The van der Waals surface area contributed by atoms with Gasteiger partial charge in [-0.3, -0.25) is 19.3 Å². The fourth-order valence-electron chi connectivity index (χ4n) is 4.16. The minimum absolute atomic E-state index is 0.0979. The van der Waals surface area contributed by atoms with Gasteiger partial charge in [0.2, 0.25) is 5.91 Å². The topological polar surface area (TPSA) is 69.7 Å². The van der Waals surface area contributed by atoms with E-state index < -0.39 is 17.1 Å². The van der Waals surface area contributed by atoms with E-state index in [1.165, 1.54) is 5.57 Å². The van der Waals surface area contributed by atoms with E-state index in [0.29, 0.717) is 15.6 Å². The molecular weight excluding hydrogens is 470 g/mol. The molecule has 0 spiro atoms. The van der Waals surface area contributed by atoms with Crippen LogP contribution < -0.4 is 10.2 Å². The van der Waals surface area contributed by atoms with Crippen LogP contribution in [0, 0.1) is 6.92 Å². The van der Waals surface area contributed by atoms with Crippen molar-refractivity contribution in [1.82, 2.24) is 4.90 Å². The molecule has 3 amide bonds. The van der Waals surface area contributed by atoms with Gasteiger partial charge in [0.25, 0.3) is 11.1 Å². The van der Waals surface area contributed by atoms with Crippen LogP contribution in [0.25, 0.3) is 11.6 Å². The zero-order valence-corrected chi connectivity index (χ0v) is 21.3. The van der Waals surface area contributed by atoms with Gasteiger partial charge in [-0.1, -0.05) is 23.7 Å². The molecule has 6 nitrogen and oxygen atoms in total. The van der Waals surface area contributed by atoms with Crippen LogP contribution in [0.5, 0.6) is 0 Å². The predicted molar refractivity (Wildman–Crippen MR) is 140 cm³/mol. The molecule has 0 bridgehead atoms. The van der Waals surface area contributed by atoms with E-state index in [9.17, 15) is 14.4 Å². The maximum absolute atomic E-state index is 13.0. The van der Waals surface area contributed by atoms with Gasteiger partial charge in [0.1, 0.15) is 6.54 Å². The Kier molecular flexibility index (Phi) is 6.36. The molecule has 4 rings (SSSR count). The van der Waals surface area contributed by atoms with E-state index in [-0.39, 0.29) is 12.1 Å². The number of fused-ring (bicyclic) bond motifs is 1. The van der Waals surface area contributed by atoms with Gasteiger partial charge < -0.3 is 10.2 Å². The highest BCUT2D eigenvalue weighted by Crippen LogP contribution is 2.40. The van der Waals surface area contributed by atoms with Crippen molar-refractivity contribution in [3.05, 3.63) is 69.1 Å². The number of likely N-dealkylation sites (N-methyl/N-ethyl adjacent to an activating group) is 1. The lowest BCUT2D eigenvalue weighted by Gasteiger charge is -2.41. The van der Waals surface area contributed by atoms with Crippen LogP contribution in [0.3, 0.4) is 0 Å². The Morgan fingerprint density at radius 2 is 1.91 bits per heavy atom. The summed E-state index contributed by atoms with van der Waals surface area (Å²) in [6.45, 7) is 8.05. The average Bonchev–Trinajstić information content (AvgIpc) is 3.00. The predicted octanol–water partition coefficient (Wildman–Crippen LogP) is 5.96. The monoisotopic (exact) mass is 495 g/mol. The molecule has 0 radical (unpaired) electrons. The summed E-state index contributed by atoms with van der Waals surface area (Å²) in [4.78, 5) is 41.4. The Morgan fingerprint density at radius 3 is 2.62 bits per heavy atom. The second-order valence-corrected chi connectivity index (χ2v) is 10.5. The minimum Gasteiger partial charge on any atom is -0.365 e. The van der Waals surface area contributed by atoms with Gasteiger partial charge in [0.15, 0.2) is 0 Å². The highest BCUT2D eigenvalue weighted by molar-refractivity contribution is 8.18. The van der Waals surface area contributed by atoms with Crippen LogP contribution >= 0.6 is 23.4 Å². The third-order valence-corrected chi connectivity index (χ3v) is 7.32. The Hall–Kier alpha value is -3.03. The highest BCUT2D eigenvalue weighted by atomic mass is 35.5. The number of imide groups is 1. The molecule has 2 aromatic carbocycles. The molecule has 1 N–H and O–H groups in total. The summed E-state index contributed by atoms with van der Waals surface area (Å²) in [6.07, 6.45) is 3.96.